The summed E-state index contributed by atoms with van der Waals surface area (Å²) in [5.41, 5.74) is 4.20. The SMILES string of the molecule is COc1cccc(-c2nc(SCc3cccc(NCc4ccc(C#N)cc4)c3)[nH]c(=O)c2C#N)c1. The van der Waals surface area contributed by atoms with Crippen LogP contribution in [0.15, 0.2) is 82.7 Å². The van der Waals surface area contributed by atoms with E-state index in [4.69, 9.17) is 10.00 Å². The highest BCUT2D eigenvalue weighted by Crippen LogP contribution is 2.27. The van der Waals surface area contributed by atoms with Gasteiger partial charge in [-0.1, -0.05) is 48.2 Å². The van der Waals surface area contributed by atoms with Crippen LogP contribution in [0.5, 0.6) is 5.75 Å². The van der Waals surface area contributed by atoms with E-state index in [-0.39, 0.29) is 5.56 Å². The lowest BCUT2D eigenvalue weighted by molar-refractivity contribution is 0.415. The minimum absolute atomic E-state index is 0.0309. The van der Waals surface area contributed by atoms with Crippen LogP contribution in [0.1, 0.15) is 22.3 Å². The Labute approximate surface area is 207 Å². The van der Waals surface area contributed by atoms with Gasteiger partial charge in [0, 0.05) is 23.5 Å². The van der Waals surface area contributed by atoms with E-state index in [1.807, 2.05) is 42.5 Å². The van der Waals surface area contributed by atoms with Gasteiger partial charge in [0.25, 0.3) is 5.56 Å². The molecule has 0 amide bonds. The smallest absolute Gasteiger partial charge is 0.270 e. The second-order valence-corrected chi connectivity index (χ2v) is 8.55. The molecule has 172 valence electrons. The second-order valence-electron chi connectivity index (χ2n) is 7.59. The number of rotatable bonds is 8. The number of nitrogens with zero attached hydrogens (tertiary/aromatic N) is 3. The minimum atomic E-state index is -0.472. The maximum atomic E-state index is 12.6. The third-order valence-corrected chi connectivity index (χ3v) is 6.18. The fourth-order valence-corrected chi connectivity index (χ4v) is 4.23. The molecule has 0 fully saturated rings. The summed E-state index contributed by atoms with van der Waals surface area (Å²) in [6.07, 6.45) is 0. The number of nitriles is 2. The number of benzene rings is 3. The normalized spacial score (nSPS) is 10.3. The van der Waals surface area contributed by atoms with E-state index in [2.05, 4.69) is 21.4 Å². The van der Waals surface area contributed by atoms with Gasteiger partial charge in [0.15, 0.2) is 5.16 Å². The lowest BCUT2D eigenvalue weighted by Gasteiger charge is -2.10. The van der Waals surface area contributed by atoms with Gasteiger partial charge in [0.1, 0.15) is 17.4 Å². The molecule has 7 nitrogen and oxygen atoms in total. The zero-order valence-electron chi connectivity index (χ0n) is 18.9. The lowest BCUT2D eigenvalue weighted by atomic mass is 10.1. The molecule has 0 saturated heterocycles. The fraction of sp³-hybridized carbons (Fsp3) is 0.111. The van der Waals surface area contributed by atoms with Gasteiger partial charge in [0.05, 0.1) is 24.4 Å². The molecule has 8 heteroatoms. The number of nitrogens with one attached hydrogen (secondary N) is 2. The molecule has 4 aromatic rings. The first-order valence-electron chi connectivity index (χ1n) is 10.7. The van der Waals surface area contributed by atoms with Crippen LogP contribution in [0.25, 0.3) is 11.3 Å². The minimum Gasteiger partial charge on any atom is -0.497 e. The van der Waals surface area contributed by atoms with Gasteiger partial charge in [-0.3, -0.25) is 4.79 Å². The first-order chi connectivity index (χ1) is 17.1. The molecule has 3 aromatic carbocycles. The summed E-state index contributed by atoms with van der Waals surface area (Å²) >= 11 is 1.39. The number of H-pyrrole nitrogens is 1. The van der Waals surface area contributed by atoms with Crippen molar-refractivity contribution in [2.24, 2.45) is 0 Å². The summed E-state index contributed by atoms with van der Waals surface area (Å²) < 4.78 is 5.26. The number of thioether (sulfide) groups is 1. The van der Waals surface area contributed by atoms with Gasteiger partial charge < -0.3 is 15.0 Å². The molecular formula is C27H21N5O2S. The van der Waals surface area contributed by atoms with Crippen molar-refractivity contribution in [2.75, 3.05) is 12.4 Å². The maximum absolute atomic E-state index is 12.6. The molecule has 0 aliphatic rings. The summed E-state index contributed by atoms with van der Waals surface area (Å²) in [4.78, 5) is 19.8. The number of methoxy groups -OCH3 is 1. The Morgan fingerprint density at radius 1 is 1.00 bits per heavy atom. The molecule has 0 aliphatic carbocycles. The topological polar surface area (TPSA) is 115 Å². The van der Waals surface area contributed by atoms with E-state index in [0.717, 1.165) is 16.8 Å². The Bertz CT molecular complexity index is 1480. The number of hydrogen-bond donors (Lipinski definition) is 2. The van der Waals surface area contributed by atoms with Gasteiger partial charge in [-0.25, -0.2) is 4.98 Å². The Kier molecular flexibility index (Phi) is 7.47. The van der Waals surface area contributed by atoms with Crippen molar-refractivity contribution in [3.63, 3.8) is 0 Å². The first kappa shape index (κ1) is 23.6. The third kappa shape index (κ3) is 5.89. The monoisotopic (exact) mass is 479 g/mol. The van der Waals surface area contributed by atoms with Gasteiger partial charge in [-0.15, -0.1) is 0 Å². The Morgan fingerprint density at radius 2 is 1.80 bits per heavy atom. The van der Waals surface area contributed by atoms with Crippen molar-refractivity contribution in [3.8, 4) is 29.1 Å². The number of anilines is 1. The molecule has 0 aliphatic heterocycles. The molecule has 35 heavy (non-hydrogen) atoms. The van der Waals surface area contributed by atoms with Crippen LogP contribution < -0.4 is 15.6 Å². The highest BCUT2D eigenvalue weighted by Gasteiger charge is 2.14. The van der Waals surface area contributed by atoms with Gasteiger partial charge >= 0.3 is 0 Å². The number of hydrogen-bond acceptors (Lipinski definition) is 7. The molecule has 1 aromatic heterocycles. The van der Waals surface area contributed by atoms with Gasteiger partial charge in [-0.2, -0.15) is 10.5 Å². The van der Waals surface area contributed by atoms with Crippen molar-refractivity contribution in [3.05, 3.63) is 105 Å². The van der Waals surface area contributed by atoms with E-state index >= 15 is 0 Å². The molecule has 4 rings (SSSR count). The molecule has 0 bridgehead atoms. The number of aromatic nitrogens is 2. The van der Waals surface area contributed by atoms with E-state index in [1.54, 1.807) is 43.5 Å². The standard InChI is InChI=1S/C27H21N5O2S/c1-34-23-7-3-5-21(13-23)25-24(15-29)26(33)32-27(31-25)35-17-20-4-2-6-22(12-20)30-16-19-10-8-18(14-28)9-11-19/h2-13,30H,16-17H2,1H3,(H,31,32,33). The highest BCUT2D eigenvalue weighted by molar-refractivity contribution is 7.98. The van der Waals surface area contributed by atoms with Crippen LogP contribution in [0.3, 0.4) is 0 Å². The van der Waals surface area contributed by atoms with Crippen LogP contribution in [-0.4, -0.2) is 17.1 Å². The number of aromatic amines is 1. The summed E-state index contributed by atoms with van der Waals surface area (Å²) in [5, 5.41) is 22.3. The number of ether oxygens (including phenoxy) is 1. The summed E-state index contributed by atoms with van der Waals surface area (Å²) in [6, 6.07) is 26.7. The van der Waals surface area contributed by atoms with Crippen LogP contribution in [0, 0.1) is 22.7 Å². The largest absolute Gasteiger partial charge is 0.497 e. The van der Waals surface area contributed by atoms with E-state index < -0.39 is 5.56 Å². The summed E-state index contributed by atoms with van der Waals surface area (Å²) in [6.45, 7) is 0.636. The summed E-state index contributed by atoms with van der Waals surface area (Å²) in [7, 11) is 1.56. The predicted molar refractivity (Wildman–Crippen MR) is 136 cm³/mol. The average Bonchev–Trinajstić information content (AvgIpc) is 2.91. The Hall–Kier alpha value is -4.53. The van der Waals surface area contributed by atoms with E-state index in [9.17, 15) is 10.1 Å². The molecule has 0 radical (unpaired) electrons. The Morgan fingerprint density at radius 3 is 2.54 bits per heavy atom. The van der Waals surface area contributed by atoms with E-state index in [0.29, 0.717) is 40.0 Å². The molecule has 0 spiro atoms. The van der Waals surface area contributed by atoms with Crippen molar-refractivity contribution >= 4 is 17.4 Å². The maximum Gasteiger partial charge on any atom is 0.270 e. The van der Waals surface area contributed by atoms with Crippen LogP contribution in [-0.2, 0) is 12.3 Å². The molecule has 0 atom stereocenters. The second kappa shape index (κ2) is 11.1. The van der Waals surface area contributed by atoms with Crippen LogP contribution in [0.4, 0.5) is 5.69 Å². The highest BCUT2D eigenvalue weighted by atomic mass is 32.2. The molecule has 2 N–H and O–H groups in total. The molecule has 1 heterocycles. The van der Waals surface area contributed by atoms with Crippen molar-refractivity contribution < 1.29 is 4.74 Å². The van der Waals surface area contributed by atoms with Crippen LogP contribution >= 0.6 is 11.8 Å². The average molecular weight is 480 g/mol. The Balaban J connectivity index is 1.48. The molecule has 0 saturated carbocycles. The molecular weight excluding hydrogens is 458 g/mol. The zero-order valence-corrected chi connectivity index (χ0v) is 19.7. The van der Waals surface area contributed by atoms with Gasteiger partial charge in [0.2, 0.25) is 0 Å². The van der Waals surface area contributed by atoms with E-state index in [1.165, 1.54) is 11.8 Å². The van der Waals surface area contributed by atoms with Crippen molar-refractivity contribution in [1.29, 1.82) is 10.5 Å². The van der Waals surface area contributed by atoms with Crippen LogP contribution in [0.2, 0.25) is 0 Å². The predicted octanol–water partition coefficient (Wildman–Crippen LogP) is 5.09. The van der Waals surface area contributed by atoms with Crippen molar-refractivity contribution in [1.82, 2.24) is 9.97 Å². The van der Waals surface area contributed by atoms with Crippen molar-refractivity contribution in [2.45, 2.75) is 17.5 Å². The fourth-order valence-electron chi connectivity index (χ4n) is 3.43. The summed E-state index contributed by atoms with van der Waals surface area (Å²) in [5.74, 6) is 1.20. The van der Waals surface area contributed by atoms with Gasteiger partial charge in [-0.05, 0) is 47.5 Å². The molecule has 0 unspecified atom stereocenters. The third-order valence-electron chi connectivity index (χ3n) is 5.23. The zero-order chi connectivity index (χ0) is 24.6. The first-order valence-corrected chi connectivity index (χ1v) is 11.7. The quantitative estimate of drug-likeness (QED) is 0.267. The lowest BCUT2D eigenvalue weighted by Crippen LogP contribution is -2.14.